The third kappa shape index (κ3) is 5.73. The second kappa shape index (κ2) is 9.36. The minimum Gasteiger partial charge on any atom is -0.463 e. The molecular formula is C20H22N2O4. The molecule has 0 aliphatic heterocycles. The van der Waals surface area contributed by atoms with Gasteiger partial charge in [0.15, 0.2) is 0 Å². The lowest BCUT2D eigenvalue weighted by Gasteiger charge is -2.15. The summed E-state index contributed by atoms with van der Waals surface area (Å²) in [5.41, 5.74) is 5.68. The second-order valence-corrected chi connectivity index (χ2v) is 5.76. The standard InChI is InChI=1S/C20H22N2O4/c1-2-26-19(24)12-10-17(9-11-18(21)23)22-20(25)16-8-7-14-5-3-4-6-15(14)13-16/h3-8,10,12-13,17H,2,9,11H2,1H3,(H2,21,23)(H,22,25)/b12-10+. The average molecular weight is 354 g/mol. The van der Waals surface area contributed by atoms with Crippen LogP contribution in [0.5, 0.6) is 0 Å². The largest absolute Gasteiger partial charge is 0.463 e. The molecule has 0 aliphatic carbocycles. The van der Waals surface area contributed by atoms with Crippen LogP contribution in [0, 0.1) is 0 Å². The minimum atomic E-state index is -0.508. The van der Waals surface area contributed by atoms with E-state index in [1.54, 1.807) is 19.1 Å². The van der Waals surface area contributed by atoms with E-state index in [-0.39, 0.29) is 18.9 Å². The maximum Gasteiger partial charge on any atom is 0.330 e. The molecule has 0 aromatic heterocycles. The Hall–Kier alpha value is -3.15. The zero-order valence-electron chi connectivity index (χ0n) is 14.6. The first kappa shape index (κ1) is 19.2. The van der Waals surface area contributed by atoms with E-state index in [0.29, 0.717) is 12.0 Å². The van der Waals surface area contributed by atoms with Gasteiger partial charge in [0.25, 0.3) is 5.91 Å². The summed E-state index contributed by atoms with van der Waals surface area (Å²) in [6.07, 6.45) is 3.15. The molecule has 6 nitrogen and oxygen atoms in total. The van der Waals surface area contributed by atoms with Gasteiger partial charge in [-0.2, -0.15) is 0 Å². The average Bonchev–Trinajstić information content (AvgIpc) is 2.63. The highest BCUT2D eigenvalue weighted by atomic mass is 16.5. The van der Waals surface area contributed by atoms with Crippen molar-refractivity contribution in [1.82, 2.24) is 5.32 Å². The van der Waals surface area contributed by atoms with Gasteiger partial charge in [-0.05, 0) is 36.2 Å². The molecule has 0 bridgehead atoms. The first-order valence-electron chi connectivity index (χ1n) is 8.42. The van der Waals surface area contributed by atoms with Gasteiger partial charge >= 0.3 is 5.97 Å². The van der Waals surface area contributed by atoms with Crippen LogP contribution in [0.3, 0.4) is 0 Å². The first-order chi connectivity index (χ1) is 12.5. The summed E-state index contributed by atoms with van der Waals surface area (Å²) in [6, 6.07) is 12.6. The van der Waals surface area contributed by atoms with Crippen LogP contribution in [-0.2, 0) is 14.3 Å². The van der Waals surface area contributed by atoms with Gasteiger partial charge in [0.1, 0.15) is 0 Å². The molecule has 0 aliphatic rings. The Kier molecular flexibility index (Phi) is 6.91. The van der Waals surface area contributed by atoms with Crippen molar-refractivity contribution in [2.75, 3.05) is 6.61 Å². The monoisotopic (exact) mass is 354 g/mol. The molecule has 3 N–H and O–H groups in total. The summed E-state index contributed by atoms with van der Waals surface area (Å²) in [5, 5.41) is 4.80. The number of amides is 2. The molecule has 1 atom stereocenters. The summed E-state index contributed by atoms with van der Waals surface area (Å²) >= 11 is 0. The first-order valence-corrected chi connectivity index (χ1v) is 8.42. The number of benzene rings is 2. The quantitative estimate of drug-likeness (QED) is 0.561. The minimum absolute atomic E-state index is 0.0931. The lowest BCUT2D eigenvalue weighted by molar-refractivity contribution is -0.137. The number of fused-ring (bicyclic) bond motifs is 1. The molecular weight excluding hydrogens is 332 g/mol. The number of carbonyl (C=O) groups is 3. The molecule has 2 rings (SSSR count). The third-order valence-corrected chi connectivity index (χ3v) is 3.78. The van der Waals surface area contributed by atoms with Crippen molar-refractivity contribution in [3.8, 4) is 0 Å². The highest BCUT2D eigenvalue weighted by Crippen LogP contribution is 2.16. The molecule has 0 fully saturated rings. The van der Waals surface area contributed by atoms with Crippen molar-refractivity contribution in [3.05, 3.63) is 60.2 Å². The van der Waals surface area contributed by atoms with Crippen molar-refractivity contribution < 1.29 is 19.1 Å². The smallest absolute Gasteiger partial charge is 0.330 e. The zero-order chi connectivity index (χ0) is 18.9. The summed E-state index contributed by atoms with van der Waals surface area (Å²) < 4.78 is 4.83. The number of nitrogens with one attached hydrogen (secondary N) is 1. The zero-order valence-corrected chi connectivity index (χ0v) is 14.6. The molecule has 0 radical (unpaired) electrons. The van der Waals surface area contributed by atoms with Gasteiger partial charge in [-0.25, -0.2) is 4.79 Å². The van der Waals surface area contributed by atoms with Gasteiger partial charge in [0, 0.05) is 24.1 Å². The van der Waals surface area contributed by atoms with Crippen LogP contribution in [0.2, 0.25) is 0 Å². The lowest BCUT2D eigenvalue weighted by Crippen LogP contribution is -2.34. The van der Waals surface area contributed by atoms with Crippen molar-refractivity contribution in [2.24, 2.45) is 5.73 Å². The number of ether oxygens (including phenoxy) is 1. The number of carbonyl (C=O) groups excluding carboxylic acids is 3. The Morgan fingerprint density at radius 2 is 1.88 bits per heavy atom. The van der Waals surface area contributed by atoms with Gasteiger partial charge < -0.3 is 15.8 Å². The number of hydrogen-bond donors (Lipinski definition) is 2. The molecule has 2 amide bonds. The molecule has 26 heavy (non-hydrogen) atoms. The van der Waals surface area contributed by atoms with Crippen LogP contribution < -0.4 is 11.1 Å². The van der Waals surface area contributed by atoms with Gasteiger partial charge in [0.2, 0.25) is 5.91 Å². The van der Waals surface area contributed by atoms with E-state index >= 15 is 0 Å². The Bertz CT molecular complexity index is 829. The molecule has 0 saturated heterocycles. The van der Waals surface area contributed by atoms with Crippen LogP contribution in [0.1, 0.15) is 30.1 Å². The highest BCUT2D eigenvalue weighted by Gasteiger charge is 2.13. The maximum absolute atomic E-state index is 12.5. The number of nitrogens with two attached hydrogens (primary N) is 1. The van der Waals surface area contributed by atoms with Crippen molar-refractivity contribution in [1.29, 1.82) is 0 Å². The third-order valence-electron chi connectivity index (χ3n) is 3.78. The fraction of sp³-hybridized carbons (Fsp3) is 0.250. The second-order valence-electron chi connectivity index (χ2n) is 5.76. The highest BCUT2D eigenvalue weighted by molar-refractivity contribution is 5.98. The normalized spacial score (nSPS) is 12.0. The molecule has 2 aromatic rings. The van der Waals surface area contributed by atoms with E-state index < -0.39 is 17.9 Å². The summed E-state index contributed by atoms with van der Waals surface area (Å²) in [5.74, 6) is -1.27. The Balaban J connectivity index is 2.12. The topological polar surface area (TPSA) is 98.5 Å². The SMILES string of the molecule is CCOC(=O)/C=C/C(CCC(N)=O)NC(=O)c1ccc2ccccc2c1. The van der Waals surface area contributed by atoms with Gasteiger partial charge in [-0.1, -0.05) is 36.4 Å². The van der Waals surface area contributed by atoms with Crippen LogP contribution in [0.4, 0.5) is 0 Å². The molecule has 136 valence electrons. The van der Waals surface area contributed by atoms with Gasteiger partial charge in [-0.15, -0.1) is 0 Å². The maximum atomic E-state index is 12.5. The van der Waals surface area contributed by atoms with E-state index in [0.717, 1.165) is 10.8 Å². The molecule has 0 heterocycles. The number of hydrogen-bond acceptors (Lipinski definition) is 4. The summed E-state index contributed by atoms with van der Waals surface area (Å²) in [4.78, 5) is 35.1. The van der Waals surface area contributed by atoms with Crippen molar-refractivity contribution >= 4 is 28.6 Å². The predicted octanol–water partition coefficient (Wildman–Crippen LogP) is 2.32. The summed E-state index contributed by atoms with van der Waals surface area (Å²) in [7, 11) is 0. The number of primary amides is 1. The molecule has 1 unspecified atom stereocenters. The molecule has 6 heteroatoms. The lowest BCUT2D eigenvalue weighted by atomic mass is 10.1. The summed E-state index contributed by atoms with van der Waals surface area (Å²) in [6.45, 7) is 1.97. The van der Waals surface area contributed by atoms with E-state index in [1.807, 2.05) is 30.3 Å². The van der Waals surface area contributed by atoms with E-state index in [9.17, 15) is 14.4 Å². The van der Waals surface area contributed by atoms with Crippen molar-refractivity contribution in [3.63, 3.8) is 0 Å². The molecule has 0 saturated carbocycles. The van der Waals surface area contributed by atoms with Crippen LogP contribution in [0.25, 0.3) is 10.8 Å². The number of rotatable bonds is 8. The van der Waals surface area contributed by atoms with Crippen LogP contribution >= 0.6 is 0 Å². The van der Waals surface area contributed by atoms with Gasteiger partial charge in [0.05, 0.1) is 6.61 Å². The van der Waals surface area contributed by atoms with Gasteiger partial charge in [-0.3, -0.25) is 9.59 Å². The predicted molar refractivity (Wildman–Crippen MR) is 99.4 cm³/mol. The van der Waals surface area contributed by atoms with Crippen LogP contribution in [-0.4, -0.2) is 30.4 Å². The van der Waals surface area contributed by atoms with E-state index in [4.69, 9.17) is 10.5 Å². The Morgan fingerprint density at radius 3 is 2.58 bits per heavy atom. The Morgan fingerprint density at radius 1 is 1.15 bits per heavy atom. The van der Waals surface area contributed by atoms with E-state index in [1.165, 1.54) is 12.2 Å². The Labute approximate surface area is 152 Å². The van der Waals surface area contributed by atoms with Crippen LogP contribution in [0.15, 0.2) is 54.6 Å². The van der Waals surface area contributed by atoms with E-state index in [2.05, 4.69) is 5.32 Å². The van der Waals surface area contributed by atoms with Crippen molar-refractivity contribution in [2.45, 2.75) is 25.8 Å². The fourth-order valence-corrected chi connectivity index (χ4v) is 2.48. The molecule has 2 aromatic carbocycles. The molecule has 0 spiro atoms. The number of esters is 1. The fourth-order valence-electron chi connectivity index (χ4n) is 2.48.